The third-order valence-electron chi connectivity index (χ3n) is 3.82. The van der Waals surface area contributed by atoms with Crippen molar-refractivity contribution in [3.63, 3.8) is 0 Å². The second-order valence-corrected chi connectivity index (χ2v) is 7.00. The highest BCUT2D eigenvalue weighted by molar-refractivity contribution is 7.09. The zero-order valence-corrected chi connectivity index (χ0v) is 15.4. The third-order valence-corrected chi connectivity index (χ3v) is 4.65. The van der Waals surface area contributed by atoms with Crippen LogP contribution in [0.5, 0.6) is 5.75 Å². The molecule has 6 heteroatoms. The van der Waals surface area contributed by atoms with E-state index in [0.29, 0.717) is 30.0 Å². The predicted molar refractivity (Wildman–Crippen MR) is 99.9 cm³/mol. The lowest BCUT2D eigenvalue weighted by Crippen LogP contribution is -2.22. The summed E-state index contributed by atoms with van der Waals surface area (Å²) >= 11 is 1.58. The Morgan fingerprint density at radius 1 is 1.23 bits per heavy atom. The maximum atomic E-state index is 13.3. The molecule has 0 aliphatic carbocycles. The van der Waals surface area contributed by atoms with Crippen molar-refractivity contribution < 1.29 is 13.9 Å². The lowest BCUT2D eigenvalue weighted by Gasteiger charge is -2.09. The SMILES string of the molecule is Cc1nc(COc2cccc(C(=O)NCc3ccc(F)c(C)c3)c2)cs1. The lowest BCUT2D eigenvalue weighted by molar-refractivity contribution is 0.0950. The Kier molecular flexibility index (Phi) is 5.63. The number of aromatic nitrogens is 1. The van der Waals surface area contributed by atoms with Crippen LogP contribution in [0.3, 0.4) is 0 Å². The number of nitrogens with one attached hydrogen (secondary N) is 1. The Morgan fingerprint density at radius 3 is 2.81 bits per heavy atom. The van der Waals surface area contributed by atoms with Gasteiger partial charge >= 0.3 is 0 Å². The summed E-state index contributed by atoms with van der Waals surface area (Å²) in [5, 5.41) is 5.79. The second-order valence-electron chi connectivity index (χ2n) is 5.94. The summed E-state index contributed by atoms with van der Waals surface area (Å²) in [7, 11) is 0. The third kappa shape index (κ3) is 4.67. The van der Waals surface area contributed by atoms with E-state index in [0.717, 1.165) is 16.3 Å². The van der Waals surface area contributed by atoms with Crippen LogP contribution in [0.15, 0.2) is 47.8 Å². The number of carbonyl (C=O) groups is 1. The zero-order valence-electron chi connectivity index (χ0n) is 14.6. The Balaban J connectivity index is 1.59. The van der Waals surface area contributed by atoms with Crippen molar-refractivity contribution >= 4 is 17.2 Å². The fourth-order valence-corrected chi connectivity index (χ4v) is 3.06. The van der Waals surface area contributed by atoms with Crippen LogP contribution in [0.2, 0.25) is 0 Å². The van der Waals surface area contributed by atoms with Gasteiger partial charge < -0.3 is 10.1 Å². The van der Waals surface area contributed by atoms with E-state index in [4.69, 9.17) is 4.74 Å². The van der Waals surface area contributed by atoms with Crippen LogP contribution in [0.1, 0.15) is 32.2 Å². The van der Waals surface area contributed by atoms with E-state index in [9.17, 15) is 9.18 Å². The van der Waals surface area contributed by atoms with Crippen molar-refractivity contribution in [3.8, 4) is 5.75 Å². The normalized spacial score (nSPS) is 10.6. The molecule has 2 aromatic carbocycles. The number of hydrogen-bond acceptors (Lipinski definition) is 4. The van der Waals surface area contributed by atoms with E-state index >= 15 is 0 Å². The van der Waals surface area contributed by atoms with Gasteiger partial charge in [0.1, 0.15) is 18.2 Å². The van der Waals surface area contributed by atoms with Gasteiger partial charge in [-0.2, -0.15) is 0 Å². The quantitative estimate of drug-likeness (QED) is 0.699. The monoisotopic (exact) mass is 370 g/mol. The van der Waals surface area contributed by atoms with E-state index in [1.807, 2.05) is 12.3 Å². The van der Waals surface area contributed by atoms with Crippen molar-refractivity contribution in [1.29, 1.82) is 0 Å². The largest absolute Gasteiger partial charge is 0.487 e. The minimum absolute atomic E-state index is 0.207. The van der Waals surface area contributed by atoms with Crippen molar-refractivity contribution in [2.24, 2.45) is 0 Å². The number of carbonyl (C=O) groups excluding carboxylic acids is 1. The molecule has 134 valence electrons. The molecule has 0 atom stereocenters. The number of amides is 1. The molecule has 0 spiro atoms. The van der Waals surface area contributed by atoms with Gasteiger partial charge in [-0.15, -0.1) is 11.3 Å². The van der Waals surface area contributed by atoms with E-state index in [1.165, 1.54) is 6.07 Å². The van der Waals surface area contributed by atoms with Gasteiger partial charge in [0.05, 0.1) is 10.7 Å². The van der Waals surface area contributed by atoms with Gasteiger partial charge in [0.2, 0.25) is 0 Å². The summed E-state index contributed by atoms with van der Waals surface area (Å²) in [6, 6.07) is 11.8. The maximum Gasteiger partial charge on any atom is 0.251 e. The number of nitrogens with zero attached hydrogens (tertiary/aromatic N) is 1. The highest BCUT2D eigenvalue weighted by Gasteiger charge is 2.08. The fraction of sp³-hybridized carbons (Fsp3) is 0.200. The first kappa shape index (κ1) is 18.1. The molecule has 4 nitrogen and oxygen atoms in total. The standard InChI is InChI=1S/C20H19FN2O2S/c1-13-8-15(6-7-19(13)21)10-22-20(24)16-4-3-5-18(9-16)25-11-17-12-26-14(2)23-17/h3-9,12H,10-11H2,1-2H3,(H,22,24). The summed E-state index contributed by atoms with van der Waals surface area (Å²) in [5.74, 6) is 0.156. The molecule has 1 amide bonds. The van der Waals surface area contributed by atoms with Gasteiger partial charge in [-0.1, -0.05) is 18.2 Å². The van der Waals surface area contributed by atoms with Crippen LogP contribution >= 0.6 is 11.3 Å². The van der Waals surface area contributed by atoms with Crippen molar-refractivity contribution in [3.05, 3.63) is 81.1 Å². The lowest BCUT2D eigenvalue weighted by atomic mass is 10.1. The van der Waals surface area contributed by atoms with Crippen LogP contribution in [0.4, 0.5) is 4.39 Å². The average molecular weight is 370 g/mol. The molecule has 0 radical (unpaired) electrons. The summed E-state index contributed by atoms with van der Waals surface area (Å²) in [6.45, 7) is 4.35. The molecule has 0 saturated carbocycles. The Hall–Kier alpha value is -2.73. The second kappa shape index (κ2) is 8.10. The van der Waals surface area contributed by atoms with E-state index < -0.39 is 0 Å². The van der Waals surface area contributed by atoms with Gasteiger partial charge in [-0.05, 0) is 49.2 Å². The number of ether oxygens (including phenoxy) is 1. The number of aryl methyl sites for hydroxylation is 2. The first-order chi connectivity index (χ1) is 12.5. The topological polar surface area (TPSA) is 51.2 Å². The van der Waals surface area contributed by atoms with Gasteiger partial charge in [-0.25, -0.2) is 9.37 Å². The highest BCUT2D eigenvalue weighted by Crippen LogP contribution is 2.17. The van der Waals surface area contributed by atoms with Gasteiger partial charge in [0.15, 0.2) is 0 Å². The summed E-state index contributed by atoms with van der Waals surface area (Å²) in [4.78, 5) is 16.7. The van der Waals surface area contributed by atoms with Crippen LogP contribution in [0.25, 0.3) is 0 Å². The minimum Gasteiger partial charge on any atom is -0.487 e. The van der Waals surface area contributed by atoms with Crippen LogP contribution < -0.4 is 10.1 Å². The molecule has 26 heavy (non-hydrogen) atoms. The van der Waals surface area contributed by atoms with Crippen LogP contribution in [-0.2, 0) is 13.2 Å². The molecule has 0 unspecified atom stereocenters. The summed E-state index contributed by atoms with van der Waals surface area (Å²) < 4.78 is 19.0. The molecule has 0 aliphatic rings. The smallest absolute Gasteiger partial charge is 0.251 e. The Morgan fingerprint density at radius 2 is 2.08 bits per heavy atom. The molecule has 1 heterocycles. The summed E-state index contributed by atoms with van der Waals surface area (Å²) in [6.07, 6.45) is 0. The number of thiazole rings is 1. The van der Waals surface area contributed by atoms with Crippen LogP contribution in [0, 0.1) is 19.7 Å². The van der Waals surface area contributed by atoms with Crippen molar-refractivity contribution in [1.82, 2.24) is 10.3 Å². The van der Waals surface area contributed by atoms with Gasteiger partial charge in [0, 0.05) is 17.5 Å². The maximum absolute atomic E-state index is 13.3. The molecule has 0 fully saturated rings. The fourth-order valence-electron chi connectivity index (χ4n) is 2.46. The molecule has 3 aromatic rings. The van der Waals surface area contributed by atoms with E-state index in [1.54, 1.807) is 54.7 Å². The summed E-state index contributed by atoms with van der Waals surface area (Å²) in [5.41, 5.74) is 2.79. The van der Waals surface area contributed by atoms with Gasteiger partial charge in [-0.3, -0.25) is 4.79 Å². The Labute approximate surface area is 155 Å². The molecule has 0 bridgehead atoms. The molecular weight excluding hydrogens is 351 g/mol. The minimum atomic E-state index is -0.250. The number of hydrogen-bond donors (Lipinski definition) is 1. The van der Waals surface area contributed by atoms with E-state index in [-0.39, 0.29) is 11.7 Å². The van der Waals surface area contributed by atoms with Crippen LogP contribution in [-0.4, -0.2) is 10.9 Å². The molecule has 1 N–H and O–H groups in total. The molecular formula is C20H19FN2O2S. The first-order valence-electron chi connectivity index (χ1n) is 8.18. The molecule has 0 saturated heterocycles. The van der Waals surface area contributed by atoms with Gasteiger partial charge in [0.25, 0.3) is 5.91 Å². The first-order valence-corrected chi connectivity index (χ1v) is 9.06. The highest BCUT2D eigenvalue weighted by atomic mass is 32.1. The molecule has 1 aromatic heterocycles. The zero-order chi connectivity index (χ0) is 18.5. The Bertz CT molecular complexity index is 924. The number of halogens is 1. The predicted octanol–water partition coefficient (Wildman–Crippen LogP) is 4.41. The van der Waals surface area contributed by atoms with E-state index in [2.05, 4.69) is 10.3 Å². The number of rotatable bonds is 6. The van der Waals surface area contributed by atoms with Crippen molar-refractivity contribution in [2.45, 2.75) is 27.0 Å². The average Bonchev–Trinajstić information content (AvgIpc) is 3.06. The number of benzene rings is 2. The molecule has 0 aliphatic heterocycles. The van der Waals surface area contributed by atoms with Crippen molar-refractivity contribution in [2.75, 3.05) is 0 Å². The molecule has 3 rings (SSSR count).